The number of pyridine rings is 1. The lowest BCUT2D eigenvalue weighted by Gasteiger charge is -2.19. The van der Waals surface area contributed by atoms with Gasteiger partial charge in [-0.2, -0.15) is 0 Å². The minimum atomic E-state index is 0.140. The molecule has 0 aromatic carbocycles. The van der Waals surface area contributed by atoms with Gasteiger partial charge in [0, 0.05) is 12.7 Å². The molecular weight excluding hydrogens is 212 g/mol. The molecule has 82 valence electrons. The molecule has 15 heavy (non-hydrogen) atoms. The Morgan fingerprint density at radius 2 is 2.20 bits per heavy atom. The molecule has 0 saturated heterocycles. The molecule has 0 radical (unpaired) electrons. The van der Waals surface area contributed by atoms with Gasteiger partial charge in [0.1, 0.15) is 5.82 Å². The van der Waals surface area contributed by atoms with Crippen LogP contribution in [0.25, 0.3) is 0 Å². The fourth-order valence-corrected chi connectivity index (χ4v) is 1.21. The molecule has 1 heterocycles. The number of hydrogen-bond donors (Lipinski definition) is 1. The first-order valence-electron chi connectivity index (χ1n) is 4.77. The van der Waals surface area contributed by atoms with Gasteiger partial charge in [-0.1, -0.05) is 32.4 Å². The van der Waals surface area contributed by atoms with Crippen LogP contribution >= 0.6 is 11.6 Å². The zero-order chi connectivity index (χ0) is 11.5. The van der Waals surface area contributed by atoms with Gasteiger partial charge in [-0.15, -0.1) is 0 Å². The summed E-state index contributed by atoms with van der Waals surface area (Å²) in [6, 6.07) is 1.60. The van der Waals surface area contributed by atoms with Crippen molar-refractivity contribution in [3.8, 4) is 0 Å². The molecule has 0 saturated carbocycles. The van der Waals surface area contributed by atoms with E-state index < -0.39 is 0 Å². The van der Waals surface area contributed by atoms with E-state index in [9.17, 15) is 4.79 Å². The lowest BCUT2D eigenvalue weighted by Crippen LogP contribution is -2.20. The number of halogens is 1. The number of hydrogen-bond acceptors (Lipinski definition) is 3. The van der Waals surface area contributed by atoms with Gasteiger partial charge >= 0.3 is 0 Å². The Hall–Kier alpha value is -1.09. The van der Waals surface area contributed by atoms with E-state index in [1.165, 1.54) is 6.20 Å². The lowest BCUT2D eigenvalue weighted by molar-refractivity contribution is 0.112. The molecular formula is C11H15ClN2O. The Kier molecular flexibility index (Phi) is 3.69. The average molecular weight is 227 g/mol. The van der Waals surface area contributed by atoms with Crippen LogP contribution < -0.4 is 5.32 Å². The van der Waals surface area contributed by atoms with E-state index in [0.29, 0.717) is 16.4 Å². The van der Waals surface area contributed by atoms with Crippen LogP contribution in [0, 0.1) is 5.41 Å². The molecule has 3 nitrogen and oxygen atoms in total. The molecule has 1 aromatic heterocycles. The van der Waals surface area contributed by atoms with E-state index in [1.54, 1.807) is 6.07 Å². The summed E-state index contributed by atoms with van der Waals surface area (Å²) in [4.78, 5) is 14.8. The first-order chi connectivity index (χ1) is 6.92. The van der Waals surface area contributed by atoms with Crippen LogP contribution in [0.3, 0.4) is 0 Å². The second-order valence-electron chi connectivity index (χ2n) is 4.62. The van der Waals surface area contributed by atoms with Gasteiger partial charge in [-0.05, 0) is 11.5 Å². The van der Waals surface area contributed by atoms with Crippen molar-refractivity contribution in [2.75, 3.05) is 11.9 Å². The van der Waals surface area contributed by atoms with Crippen LogP contribution in [0.5, 0.6) is 0 Å². The quantitative estimate of drug-likeness (QED) is 0.806. The Labute approximate surface area is 94.9 Å². The van der Waals surface area contributed by atoms with Crippen LogP contribution in [0.2, 0.25) is 5.02 Å². The maximum absolute atomic E-state index is 10.8. The largest absolute Gasteiger partial charge is 0.369 e. The van der Waals surface area contributed by atoms with Crippen molar-refractivity contribution in [3.05, 3.63) is 22.8 Å². The molecule has 0 spiro atoms. The molecule has 1 N–H and O–H groups in total. The number of carbonyl (C=O) groups is 1. The molecule has 0 fully saturated rings. The molecule has 0 amide bonds. The van der Waals surface area contributed by atoms with E-state index in [0.717, 1.165) is 12.8 Å². The molecule has 0 aliphatic rings. The van der Waals surface area contributed by atoms with Crippen molar-refractivity contribution in [2.45, 2.75) is 20.8 Å². The predicted octanol–water partition coefficient (Wildman–Crippen LogP) is 3.01. The minimum Gasteiger partial charge on any atom is -0.369 e. The summed E-state index contributed by atoms with van der Waals surface area (Å²) in [5, 5.41) is 3.60. The molecule has 1 rings (SSSR count). The highest BCUT2D eigenvalue weighted by Gasteiger charge is 2.11. The van der Waals surface area contributed by atoms with E-state index in [4.69, 9.17) is 11.6 Å². The molecule has 0 aliphatic carbocycles. The first-order valence-corrected chi connectivity index (χ1v) is 5.15. The Balaban J connectivity index is 2.81. The number of carbonyl (C=O) groups excluding carboxylic acids is 1. The SMILES string of the molecule is CC(C)(C)CNc1ncc(Cl)cc1C=O. The maximum Gasteiger partial charge on any atom is 0.153 e. The fourth-order valence-electron chi connectivity index (χ4n) is 1.04. The van der Waals surface area contributed by atoms with E-state index in [2.05, 4.69) is 31.1 Å². The lowest BCUT2D eigenvalue weighted by atomic mass is 9.97. The van der Waals surface area contributed by atoms with Crippen molar-refractivity contribution >= 4 is 23.7 Å². The van der Waals surface area contributed by atoms with E-state index in [1.807, 2.05) is 0 Å². The second-order valence-corrected chi connectivity index (χ2v) is 5.06. The normalized spacial score (nSPS) is 11.2. The smallest absolute Gasteiger partial charge is 0.153 e. The summed E-state index contributed by atoms with van der Waals surface area (Å²) in [6.45, 7) is 7.08. The van der Waals surface area contributed by atoms with Gasteiger partial charge in [0.05, 0.1) is 10.6 Å². The van der Waals surface area contributed by atoms with Gasteiger partial charge in [-0.25, -0.2) is 4.98 Å². The summed E-state index contributed by atoms with van der Waals surface area (Å²) < 4.78 is 0. The predicted molar refractivity (Wildman–Crippen MR) is 62.6 cm³/mol. The monoisotopic (exact) mass is 226 g/mol. The van der Waals surface area contributed by atoms with Crippen molar-refractivity contribution in [2.24, 2.45) is 5.41 Å². The topological polar surface area (TPSA) is 42.0 Å². The number of rotatable bonds is 3. The highest BCUT2D eigenvalue weighted by Crippen LogP contribution is 2.18. The average Bonchev–Trinajstić information content (AvgIpc) is 2.14. The third kappa shape index (κ3) is 3.88. The number of nitrogens with zero attached hydrogens (tertiary/aromatic N) is 1. The van der Waals surface area contributed by atoms with Crippen molar-refractivity contribution in [1.29, 1.82) is 0 Å². The van der Waals surface area contributed by atoms with Crippen LogP contribution in [-0.4, -0.2) is 17.8 Å². The molecule has 0 aliphatic heterocycles. The number of aromatic nitrogens is 1. The standard InChI is InChI=1S/C11H15ClN2O/c1-11(2,3)7-14-10-8(6-15)4-9(12)5-13-10/h4-6H,7H2,1-3H3,(H,13,14). The molecule has 4 heteroatoms. The second kappa shape index (κ2) is 4.62. The summed E-state index contributed by atoms with van der Waals surface area (Å²) >= 11 is 5.74. The van der Waals surface area contributed by atoms with Crippen molar-refractivity contribution < 1.29 is 4.79 Å². The van der Waals surface area contributed by atoms with Gasteiger partial charge in [0.15, 0.2) is 6.29 Å². The molecule has 0 atom stereocenters. The van der Waals surface area contributed by atoms with Crippen LogP contribution in [0.15, 0.2) is 12.3 Å². The number of aldehydes is 1. The molecule has 0 bridgehead atoms. The van der Waals surface area contributed by atoms with Crippen LogP contribution in [0.4, 0.5) is 5.82 Å². The summed E-state index contributed by atoms with van der Waals surface area (Å²) in [6.07, 6.45) is 2.28. The van der Waals surface area contributed by atoms with Gasteiger partial charge in [0.2, 0.25) is 0 Å². The summed E-state index contributed by atoms with van der Waals surface area (Å²) in [7, 11) is 0. The zero-order valence-corrected chi connectivity index (χ0v) is 9.93. The maximum atomic E-state index is 10.8. The Bertz CT molecular complexity index is 358. The van der Waals surface area contributed by atoms with Gasteiger partial charge in [0.25, 0.3) is 0 Å². The molecule has 0 unspecified atom stereocenters. The minimum absolute atomic E-state index is 0.140. The van der Waals surface area contributed by atoms with Crippen LogP contribution in [-0.2, 0) is 0 Å². The zero-order valence-electron chi connectivity index (χ0n) is 9.17. The Morgan fingerprint density at radius 1 is 1.53 bits per heavy atom. The highest BCUT2D eigenvalue weighted by molar-refractivity contribution is 6.30. The van der Waals surface area contributed by atoms with Crippen molar-refractivity contribution in [1.82, 2.24) is 4.98 Å². The summed E-state index contributed by atoms with van der Waals surface area (Å²) in [5.41, 5.74) is 0.633. The summed E-state index contributed by atoms with van der Waals surface area (Å²) in [5.74, 6) is 0.587. The first kappa shape index (κ1) is 12.0. The van der Waals surface area contributed by atoms with Gasteiger partial charge < -0.3 is 5.32 Å². The van der Waals surface area contributed by atoms with E-state index in [-0.39, 0.29) is 5.41 Å². The number of nitrogens with one attached hydrogen (secondary N) is 1. The van der Waals surface area contributed by atoms with Gasteiger partial charge in [-0.3, -0.25) is 4.79 Å². The fraction of sp³-hybridized carbons (Fsp3) is 0.455. The molecule has 1 aromatic rings. The number of anilines is 1. The third-order valence-corrected chi connectivity index (χ3v) is 2.00. The third-order valence-electron chi connectivity index (χ3n) is 1.80. The Morgan fingerprint density at radius 3 is 2.73 bits per heavy atom. The van der Waals surface area contributed by atoms with Crippen molar-refractivity contribution in [3.63, 3.8) is 0 Å². The van der Waals surface area contributed by atoms with E-state index >= 15 is 0 Å². The highest BCUT2D eigenvalue weighted by atomic mass is 35.5. The van der Waals surface area contributed by atoms with Crippen LogP contribution in [0.1, 0.15) is 31.1 Å².